The molecule has 1 aromatic heterocycles. The Labute approximate surface area is 204 Å². The normalized spacial score (nSPS) is 13.7. The molecule has 0 aliphatic carbocycles. The van der Waals surface area contributed by atoms with Crippen molar-refractivity contribution in [3.05, 3.63) is 76.6 Å². The fourth-order valence-corrected chi connectivity index (χ4v) is 4.76. The van der Waals surface area contributed by atoms with Crippen LogP contribution in [0.2, 0.25) is 0 Å². The summed E-state index contributed by atoms with van der Waals surface area (Å²) in [5, 5.41) is 4.35. The molecule has 9 nitrogen and oxygen atoms in total. The molecular formula is C26H30N6O3. The zero-order chi connectivity index (χ0) is 25.5. The Kier molecular flexibility index (Phi) is 6.21. The molecule has 1 aliphatic heterocycles. The van der Waals surface area contributed by atoms with E-state index in [0.29, 0.717) is 24.2 Å². The number of likely N-dealkylation sites (N-methyl/N-ethyl adjacent to an activating group) is 1. The van der Waals surface area contributed by atoms with Gasteiger partial charge in [-0.1, -0.05) is 32.0 Å². The van der Waals surface area contributed by atoms with Gasteiger partial charge in [0.1, 0.15) is 5.69 Å². The molecule has 1 aliphatic rings. The van der Waals surface area contributed by atoms with Gasteiger partial charge in [0.2, 0.25) is 5.91 Å². The van der Waals surface area contributed by atoms with E-state index >= 15 is 0 Å². The standard InChI is InChI=1S/C26H30N6O3/c1-26(2,15-30(3)4)17-8-10-18(11-9-17)31-13-12-20-21(24(28)34)29-32(22(20)25(31)35)19-7-5-6-16(14-19)23(27)33/h5-11,14H,12-13,15H2,1-4H3,(H2,27,33)(H2,28,34). The fourth-order valence-electron chi connectivity index (χ4n) is 4.76. The lowest BCUT2D eigenvalue weighted by Gasteiger charge is -2.31. The highest BCUT2D eigenvalue weighted by Gasteiger charge is 2.35. The molecule has 0 fully saturated rings. The van der Waals surface area contributed by atoms with Crippen molar-refractivity contribution in [3.8, 4) is 5.69 Å². The SMILES string of the molecule is CN(C)CC(C)(C)c1ccc(N2CCc3c(C(N)=O)nn(-c4cccc(C(N)=O)c4)c3C2=O)cc1. The molecule has 0 radical (unpaired) electrons. The van der Waals surface area contributed by atoms with Gasteiger partial charge in [-0.05, 0) is 56.4 Å². The van der Waals surface area contributed by atoms with Gasteiger partial charge in [0.15, 0.2) is 5.69 Å². The van der Waals surface area contributed by atoms with Crippen molar-refractivity contribution < 1.29 is 14.4 Å². The summed E-state index contributed by atoms with van der Waals surface area (Å²) in [4.78, 5) is 41.3. The van der Waals surface area contributed by atoms with Crippen molar-refractivity contribution in [3.63, 3.8) is 0 Å². The first-order chi connectivity index (χ1) is 16.5. The molecule has 3 amide bonds. The maximum absolute atomic E-state index is 13.7. The van der Waals surface area contributed by atoms with Gasteiger partial charge >= 0.3 is 0 Å². The van der Waals surface area contributed by atoms with Gasteiger partial charge in [0, 0.05) is 35.3 Å². The molecular weight excluding hydrogens is 444 g/mol. The second-order valence-electron chi connectivity index (χ2n) is 9.74. The summed E-state index contributed by atoms with van der Waals surface area (Å²) in [6.45, 7) is 5.65. The van der Waals surface area contributed by atoms with Crippen LogP contribution < -0.4 is 16.4 Å². The van der Waals surface area contributed by atoms with Gasteiger partial charge in [-0.2, -0.15) is 5.10 Å². The highest BCUT2D eigenvalue weighted by Crippen LogP contribution is 2.31. The van der Waals surface area contributed by atoms with E-state index in [9.17, 15) is 14.4 Å². The predicted molar refractivity (Wildman–Crippen MR) is 134 cm³/mol. The Bertz CT molecular complexity index is 1310. The maximum Gasteiger partial charge on any atom is 0.277 e. The molecule has 35 heavy (non-hydrogen) atoms. The molecule has 2 heterocycles. The van der Waals surface area contributed by atoms with Crippen molar-refractivity contribution in [2.24, 2.45) is 11.5 Å². The molecule has 9 heteroatoms. The fraction of sp³-hybridized carbons (Fsp3) is 0.308. The van der Waals surface area contributed by atoms with E-state index in [1.54, 1.807) is 23.1 Å². The summed E-state index contributed by atoms with van der Waals surface area (Å²) in [5.74, 6) is -1.61. The van der Waals surface area contributed by atoms with Crippen LogP contribution in [0.3, 0.4) is 0 Å². The first kappa shape index (κ1) is 24.2. The van der Waals surface area contributed by atoms with E-state index < -0.39 is 11.8 Å². The monoisotopic (exact) mass is 474 g/mol. The second kappa shape index (κ2) is 8.99. The highest BCUT2D eigenvalue weighted by molar-refractivity contribution is 6.09. The average molecular weight is 475 g/mol. The molecule has 2 aromatic carbocycles. The first-order valence-electron chi connectivity index (χ1n) is 11.4. The third-order valence-electron chi connectivity index (χ3n) is 6.30. The number of rotatable bonds is 7. The van der Waals surface area contributed by atoms with Crippen molar-refractivity contribution in [2.75, 3.05) is 32.1 Å². The number of hydrogen-bond donors (Lipinski definition) is 2. The summed E-state index contributed by atoms with van der Waals surface area (Å²) >= 11 is 0. The molecule has 3 aromatic rings. The minimum absolute atomic E-state index is 0.0539. The lowest BCUT2D eigenvalue weighted by Crippen LogP contribution is -2.39. The Morgan fingerprint density at radius 3 is 2.31 bits per heavy atom. The van der Waals surface area contributed by atoms with Crippen LogP contribution in [0.4, 0.5) is 5.69 Å². The van der Waals surface area contributed by atoms with Crippen LogP contribution in [0.5, 0.6) is 0 Å². The number of amides is 3. The summed E-state index contributed by atoms with van der Waals surface area (Å²) in [6, 6.07) is 14.4. The molecule has 0 bridgehead atoms. The number of nitrogens with zero attached hydrogens (tertiary/aromatic N) is 4. The van der Waals surface area contributed by atoms with Crippen LogP contribution in [0.15, 0.2) is 48.5 Å². The van der Waals surface area contributed by atoms with E-state index in [-0.39, 0.29) is 28.3 Å². The second-order valence-corrected chi connectivity index (χ2v) is 9.74. The third-order valence-corrected chi connectivity index (χ3v) is 6.30. The molecule has 0 atom stereocenters. The van der Waals surface area contributed by atoms with E-state index in [0.717, 1.165) is 12.2 Å². The van der Waals surface area contributed by atoms with E-state index in [1.165, 1.54) is 16.3 Å². The largest absolute Gasteiger partial charge is 0.366 e. The number of aromatic nitrogens is 2. The van der Waals surface area contributed by atoms with Gasteiger partial charge in [-0.3, -0.25) is 14.4 Å². The van der Waals surface area contributed by atoms with Gasteiger partial charge in [-0.15, -0.1) is 0 Å². The first-order valence-corrected chi connectivity index (χ1v) is 11.4. The van der Waals surface area contributed by atoms with Crippen LogP contribution in [0.1, 0.15) is 56.3 Å². The molecule has 4 N–H and O–H groups in total. The number of fused-ring (bicyclic) bond motifs is 1. The molecule has 0 spiro atoms. The number of hydrogen-bond acceptors (Lipinski definition) is 5. The van der Waals surface area contributed by atoms with Crippen LogP contribution in [0.25, 0.3) is 5.69 Å². The van der Waals surface area contributed by atoms with E-state index in [4.69, 9.17) is 11.5 Å². The zero-order valence-corrected chi connectivity index (χ0v) is 20.4. The number of carbonyl (C=O) groups is 3. The van der Waals surface area contributed by atoms with Gasteiger partial charge in [-0.25, -0.2) is 4.68 Å². The minimum Gasteiger partial charge on any atom is -0.366 e. The highest BCUT2D eigenvalue weighted by atomic mass is 16.2. The molecule has 0 unspecified atom stereocenters. The summed E-state index contributed by atoms with van der Waals surface area (Å²) in [6.07, 6.45) is 0.419. The molecule has 0 saturated carbocycles. The van der Waals surface area contributed by atoms with E-state index in [2.05, 4.69) is 23.8 Å². The Balaban J connectivity index is 1.74. The van der Waals surface area contributed by atoms with E-state index in [1.807, 2.05) is 38.4 Å². The maximum atomic E-state index is 13.7. The van der Waals surface area contributed by atoms with Crippen LogP contribution >= 0.6 is 0 Å². The quantitative estimate of drug-likeness (QED) is 0.542. The topological polar surface area (TPSA) is 128 Å². The molecule has 4 rings (SSSR count). The van der Waals surface area contributed by atoms with Crippen molar-refractivity contribution in [1.29, 1.82) is 0 Å². The Hall–Kier alpha value is -3.98. The smallest absolute Gasteiger partial charge is 0.277 e. The molecule has 0 saturated heterocycles. The van der Waals surface area contributed by atoms with Crippen molar-refractivity contribution in [1.82, 2.24) is 14.7 Å². The van der Waals surface area contributed by atoms with Crippen molar-refractivity contribution >= 4 is 23.4 Å². The van der Waals surface area contributed by atoms with Gasteiger partial charge in [0.25, 0.3) is 11.8 Å². The lowest BCUT2D eigenvalue weighted by molar-refractivity contribution is 0.0971. The third kappa shape index (κ3) is 4.54. The molecule has 182 valence electrons. The predicted octanol–water partition coefficient (Wildman–Crippen LogP) is 2.11. The van der Waals surface area contributed by atoms with Crippen LogP contribution in [-0.4, -0.2) is 59.6 Å². The van der Waals surface area contributed by atoms with Crippen LogP contribution in [0, 0.1) is 0 Å². The summed E-state index contributed by atoms with van der Waals surface area (Å²) in [7, 11) is 4.09. The number of nitrogens with two attached hydrogens (primary N) is 2. The number of carbonyl (C=O) groups excluding carboxylic acids is 3. The summed E-state index contributed by atoms with van der Waals surface area (Å²) in [5.41, 5.74) is 14.4. The zero-order valence-electron chi connectivity index (χ0n) is 20.4. The average Bonchev–Trinajstić information content (AvgIpc) is 3.20. The van der Waals surface area contributed by atoms with Crippen molar-refractivity contribution in [2.45, 2.75) is 25.7 Å². The van der Waals surface area contributed by atoms with Gasteiger partial charge < -0.3 is 21.3 Å². The number of anilines is 1. The number of benzene rings is 2. The Morgan fingerprint density at radius 2 is 1.71 bits per heavy atom. The van der Waals surface area contributed by atoms with Gasteiger partial charge in [0.05, 0.1) is 5.69 Å². The number of primary amides is 2. The summed E-state index contributed by atoms with van der Waals surface area (Å²) < 4.78 is 1.38. The van der Waals surface area contributed by atoms with Crippen LogP contribution in [-0.2, 0) is 11.8 Å². The lowest BCUT2D eigenvalue weighted by atomic mass is 9.84. The Morgan fingerprint density at radius 1 is 1.03 bits per heavy atom. The minimum atomic E-state index is -0.709.